The first-order valence-corrected chi connectivity index (χ1v) is 8.18. The van der Waals surface area contributed by atoms with Gasteiger partial charge in [-0.3, -0.25) is 0 Å². The molecule has 0 aliphatic carbocycles. The summed E-state index contributed by atoms with van der Waals surface area (Å²) >= 11 is 0. The highest BCUT2D eigenvalue weighted by Gasteiger charge is 2.07. The van der Waals surface area contributed by atoms with Crippen molar-refractivity contribution in [3.05, 3.63) is 29.8 Å². The van der Waals surface area contributed by atoms with Crippen molar-refractivity contribution in [1.82, 2.24) is 5.32 Å². The van der Waals surface area contributed by atoms with Crippen LogP contribution in [0.4, 0.5) is 0 Å². The summed E-state index contributed by atoms with van der Waals surface area (Å²) in [7, 11) is 0. The molecule has 0 amide bonds. The van der Waals surface area contributed by atoms with Crippen molar-refractivity contribution in [3.8, 4) is 5.75 Å². The van der Waals surface area contributed by atoms with Crippen LogP contribution < -0.4 is 10.1 Å². The van der Waals surface area contributed by atoms with Crippen LogP contribution in [0.3, 0.4) is 0 Å². The monoisotopic (exact) mass is 277 g/mol. The number of benzene rings is 1. The third kappa shape index (κ3) is 6.42. The van der Waals surface area contributed by atoms with Crippen LogP contribution in [0.1, 0.15) is 58.9 Å². The van der Waals surface area contributed by atoms with Gasteiger partial charge in [0.2, 0.25) is 0 Å². The highest BCUT2D eigenvalue weighted by molar-refractivity contribution is 5.27. The molecule has 0 saturated heterocycles. The lowest BCUT2D eigenvalue weighted by Gasteiger charge is -2.20. The van der Waals surface area contributed by atoms with E-state index in [0.717, 1.165) is 12.3 Å². The van der Waals surface area contributed by atoms with Gasteiger partial charge in [-0.25, -0.2) is 0 Å². The van der Waals surface area contributed by atoms with Gasteiger partial charge in [0.1, 0.15) is 11.9 Å². The van der Waals surface area contributed by atoms with E-state index in [-0.39, 0.29) is 6.10 Å². The lowest BCUT2D eigenvalue weighted by molar-refractivity contribution is 0.210. The summed E-state index contributed by atoms with van der Waals surface area (Å²) in [5, 5.41) is 3.55. The third-order valence-electron chi connectivity index (χ3n) is 3.76. The number of hydrogen-bond donors (Lipinski definition) is 1. The van der Waals surface area contributed by atoms with Crippen LogP contribution in [-0.2, 0) is 6.42 Å². The van der Waals surface area contributed by atoms with E-state index in [1.807, 2.05) is 0 Å². The van der Waals surface area contributed by atoms with Crippen LogP contribution in [0.5, 0.6) is 5.75 Å². The van der Waals surface area contributed by atoms with Gasteiger partial charge in [-0.2, -0.15) is 0 Å². The molecule has 20 heavy (non-hydrogen) atoms. The molecule has 1 atom stereocenters. The minimum atomic E-state index is 0.206. The van der Waals surface area contributed by atoms with Gasteiger partial charge in [0.05, 0.1) is 0 Å². The summed E-state index contributed by atoms with van der Waals surface area (Å²) < 4.78 is 5.95. The van der Waals surface area contributed by atoms with Crippen LogP contribution in [0, 0.1) is 0 Å². The van der Waals surface area contributed by atoms with Gasteiger partial charge in [0, 0.05) is 12.6 Å². The minimum absolute atomic E-state index is 0.206. The summed E-state index contributed by atoms with van der Waals surface area (Å²) in [6.07, 6.45) is 6.23. The van der Waals surface area contributed by atoms with Gasteiger partial charge in [-0.15, -0.1) is 0 Å². The van der Waals surface area contributed by atoms with Crippen LogP contribution in [-0.4, -0.2) is 18.7 Å². The van der Waals surface area contributed by atoms with Gasteiger partial charge < -0.3 is 10.1 Å². The number of nitrogens with one attached hydrogen (secondary N) is 1. The normalized spacial score (nSPS) is 12.7. The Balaban J connectivity index is 2.35. The van der Waals surface area contributed by atoms with Crippen LogP contribution in [0.15, 0.2) is 24.3 Å². The molecule has 1 aromatic rings. The maximum absolute atomic E-state index is 5.95. The number of rotatable bonds is 10. The second-order valence-corrected chi connectivity index (χ2v) is 5.60. The van der Waals surface area contributed by atoms with Crippen LogP contribution >= 0.6 is 0 Å². The first-order chi connectivity index (χ1) is 9.69. The fourth-order valence-corrected chi connectivity index (χ4v) is 2.30. The molecule has 1 aromatic carbocycles. The predicted octanol–water partition coefficient (Wildman–Crippen LogP) is 4.57. The summed E-state index contributed by atoms with van der Waals surface area (Å²) in [5.74, 6) is 0.976. The number of ether oxygens (including phenoxy) is 1. The predicted molar refractivity (Wildman–Crippen MR) is 87.5 cm³/mol. The van der Waals surface area contributed by atoms with Gasteiger partial charge in [-0.05, 0) is 50.3 Å². The maximum atomic E-state index is 5.95. The fraction of sp³-hybridized carbons (Fsp3) is 0.667. The van der Waals surface area contributed by atoms with Crippen molar-refractivity contribution in [2.75, 3.05) is 6.54 Å². The van der Waals surface area contributed by atoms with Gasteiger partial charge in [0.25, 0.3) is 0 Å². The molecule has 0 fully saturated rings. The number of unbranched alkanes of at least 4 members (excludes halogenated alkanes) is 1. The highest BCUT2D eigenvalue weighted by atomic mass is 16.5. The van der Waals surface area contributed by atoms with E-state index in [9.17, 15) is 0 Å². The molecule has 0 heterocycles. The van der Waals surface area contributed by atoms with E-state index in [0.29, 0.717) is 6.04 Å². The quantitative estimate of drug-likeness (QED) is 0.676. The van der Waals surface area contributed by atoms with Gasteiger partial charge in [-0.1, -0.05) is 39.3 Å². The van der Waals surface area contributed by atoms with Crippen LogP contribution in [0.25, 0.3) is 0 Å². The zero-order valence-corrected chi connectivity index (χ0v) is 13.6. The molecule has 1 rings (SSSR count). The first kappa shape index (κ1) is 17.0. The van der Waals surface area contributed by atoms with E-state index < -0.39 is 0 Å². The Morgan fingerprint density at radius 3 is 2.25 bits per heavy atom. The Kier molecular flexibility index (Phi) is 8.36. The van der Waals surface area contributed by atoms with E-state index >= 15 is 0 Å². The molecule has 1 unspecified atom stereocenters. The maximum Gasteiger partial charge on any atom is 0.119 e. The smallest absolute Gasteiger partial charge is 0.119 e. The highest BCUT2D eigenvalue weighted by Crippen LogP contribution is 2.15. The Morgan fingerprint density at radius 1 is 1.05 bits per heavy atom. The molecule has 0 bridgehead atoms. The third-order valence-corrected chi connectivity index (χ3v) is 3.76. The molecular formula is C18H31NO. The van der Waals surface area contributed by atoms with Gasteiger partial charge in [0.15, 0.2) is 0 Å². The lowest BCUT2D eigenvalue weighted by atomic mass is 10.1. The minimum Gasteiger partial charge on any atom is -0.489 e. The molecule has 0 saturated carbocycles. The first-order valence-electron chi connectivity index (χ1n) is 8.18. The molecule has 0 spiro atoms. The number of hydrogen-bond acceptors (Lipinski definition) is 2. The van der Waals surface area contributed by atoms with Crippen molar-refractivity contribution in [2.45, 2.75) is 71.9 Å². The SMILES string of the molecule is CCCCc1ccc(OC(C)CNC(CC)CC)cc1. The Morgan fingerprint density at radius 2 is 1.70 bits per heavy atom. The summed E-state index contributed by atoms with van der Waals surface area (Å²) in [4.78, 5) is 0. The largest absolute Gasteiger partial charge is 0.489 e. The van der Waals surface area contributed by atoms with Crippen molar-refractivity contribution >= 4 is 0 Å². The second kappa shape index (κ2) is 9.82. The van der Waals surface area contributed by atoms with Crippen molar-refractivity contribution in [1.29, 1.82) is 0 Å². The van der Waals surface area contributed by atoms with E-state index in [1.165, 1.54) is 37.7 Å². The average Bonchev–Trinajstić information content (AvgIpc) is 2.47. The fourth-order valence-electron chi connectivity index (χ4n) is 2.30. The van der Waals surface area contributed by atoms with Crippen LogP contribution in [0.2, 0.25) is 0 Å². The average molecular weight is 277 g/mol. The Hall–Kier alpha value is -1.02. The zero-order valence-electron chi connectivity index (χ0n) is 13.6. The van der Waals surface area contributed by atoms with Gasteiger partial charge >= 0.3 is 0 Å². The van der Waals surface area contributed by atoms with E-state index in [4.69, 9.17) is 4.74 Å². The zero-order chi connectivity index (χ0) is 14.8. The lowest BCUT2D eigenvalue weighted by Crippen LogP contribution is -2.36. The Bertz CT molecular complexity index is 343. The molecule has 0 radical (unpaired) electrons. The standard InChI is InChI=1S/C18H31NO/c1-5-8-9-16-10-12-18(13-11-16)20-15(4)14-19-17(6-2)7-3/h10-13,15,17,19H,5-9,14H2,1-4H3. The second-order valence-electron chi connectivity index (χ2n) is 5.60. The molecule has 2 heteroatoms. The van der Waals surface area contributed by atoms with E-state index in [2.05, 4.69) is 57.3 Å². The van der Waals surface area contributed by atoms with Crippen molar-refractivity contribution < 1.29 is 4.74 Å². The molecule has 0 aromatic heterocycles. The molecule has 114 valence electrons. The molecule has 0 aliphatic heterocycles. The van der Waals surface area contributed by atoms with Crippen molar-refractivity contribution in [2.24, 2.45) is 0 Å². The summed E-state index contributed by atoms with van der Waals surface area (Å²) in [5.41, 5.74) is 1.40. The van der Waals surface area contributed by atoms with Crippen molar-refractivity contribution in [3.63, 3.8) is 0 Å². The summed E-state index contributed by atoms with van der Waals surface area (Å²) in [6.45, 7) is 9.71. The van der Waals surface area contributed by atoms with E-state index in [1.54, 1.807) is 0 Å². The molecule has 1 N–H and O–H groups in total. The summed E-state index contributed by atoms with van der Waals surface area (Å²) in [6, 6.07) is 9.17. The molecule has 2 nitrogen and oxygen atoms in total. The Labute approximate surface area is 124 Å². The molecule has 0 aliphatic rings. The topological polar surface area (TPSA) is 21.3 Å². The number of aryl methyl sites for hydroxylation is 1. The molecular weight excluding hydrogens is 246 g/mol.